The molecule has 0 aliphatic carbocycles. The number of piperidine rings is 2. The number of aryl methyl sites for hydroxylation is 1. The number of likely N-dealkylation sites (tertiary alicyclic amines) is 2. The number of rotatable bonds is 6. The van der Waals surface area contributed by atoms with Crippen molar-refractivity contribution >= 4 is 51.5 Å². The zero-order valence-electron chi connectivity index (χ0n) is 34.9. The van der Waals surface area contributed by atoms with E-state index in [0.717, 1.165) is 34.9 Å². The zero-order chi connectivity index (χ0) is 44.3. The molecule has 5 N–H and O–H groups in total. The quantitative estimate of drug-likeness (QED) is 0.138. The standard InChI is InChI=1S/C33H38N4O6.C10H11ClFN5O3/c1-3-22-23-16-21(43-32(40)36-14-10-20(11-15-36)35-12-6-5-7-13-35)8-9-27(23)34-29-24(22)18-37-28(29)17-26-25(30(37)38)19-42-31(39)33(26,41)4-2;11-10-15-7(13)5-8(16-10)17(2-14-5)9-4(12)6(19)3(1-18)20-9/h8-9,16-17,20,41H,3-7,10-15,18-19H2,1-2H3;2-4,6,9,18-19H,1H2,(H2,13,15,16)/t33-;3-,4+,6-,9-/m01/s1. The SMILES string of the molecule is CCc1c2c(nc3ccc(OC(=O)N4CCC(N5CCCCC5)CC4)cc13)-c1cc3c(c(=O)n1C2)COC(=O)[C@]3(O)CC.Nc1nc(Cl)nc2c1ncn2[C@@H]1O[C@H](CO)[C@@H](O)[C@@H]1F. The third-order valence-corrected chi connectivity index (χ3v) is 13.3. The van der Waals surface area contributed by atoms with E-state index < -0.39 is 42.8 Å². The smallest absolute Gasteiger partial charge is 0.415 e. The number of nitrogens with zero attached hydrogens (tertiary/aromatic N) is 8. The molecule has 4 aromatic heterocycles. The number of aliphatic hydroxyl groups excluding tert-OH is 2. The fourth-order valence-electron chi connectivity index (χ4n) is 9.65. The fourth-order valence-corrected chi connectivity index (χ4v) is 9.82. The van der Waals surface area contributed by atoms with Gasteiger partial charge in [0, 0.05) is 35.6 Å². The van der Waals surface area contributed by atoms with Crippen molar-refractivity contribution in [3.05, 3.63) is 68.5 Å². The molecular formula is C43H49ClFN9O9. The molecule has 0 bridgehead atoms. The van der Waals surface area contributed by atoms with Crippen molar-refractivity contribution in [3.8, 4) is 17.1 Å². The minimum atomic E-state index is -1.86. The van der Waals surface area contributed by atoms with E-state index in [0.29, 0.717) is 60.4 Å². The Kier molecular flexibility index (Phi) is 11.6. The van der Waals surface area contributed by atoms with Crippen molar-refractivity contribution in [2.45, 2.75) is 108 Å². The number of nitrogen functional groups attached to an aromatic ring is 1. The second-order valence-corrected chi connectivity index (χ2v) is 17.0. The minimum absolute atomic E-state index is 0.0615. The summed E-state index contributed by atoms with van der Waals surface area (Å²) in [6.45, 7) is 7.15. The average Bonchev–Trinajstić information content (AvgIpc) is 3.97. The number of imidazole rings is 1. The largest absolute Gasteiger partial charge is 0.458 e. The minimum Gasteiger partial charge on any atom is -0.458 e. The number of amides is 1. The van der Waals surface area contributed by atoms with Gasteiger partial charge in [0.05, 0.1) is 41.9 Å². The number of esters is 1. The predicted octanol–water partition coefficient (Wildman–Crippen LogP) is 3.74. The molecule has 3 fully saturated rings. The first kappa shape index (κ1) is 43.0. The number of nitrogens with two attached hydrogens (primary N) is 1. The Hall–Kier alpha value is -5.31. The van der Waals surface area contributed by atoms with Crippen LogP contribution in [0.1, 0.15) is 80.9 Å². The molecule has 5 aromatic rings. The first-order valence-corrected chi connectivity index (χ1v) is 21.8. The molecule has 5 aliphatic heterocycles. The molecule has 0 unspecified atom stereocenters. The number of halogens is 2. The maximum atomic E-state index is 14.1. The van der Waals surface area contributed by atoms with Crippen molar-refractivity contribution in [2.75, 3.05) is 38.5 Å². The highest BCUT2D eigenvalue weighted by Crippen LogP contribution is 2.41. The lowest BCUT2D eigenvalue weighted by Gasteiger charge is -2.39. The van der Waals surface area contributed by atoms with Gasteiger partial charge in [-0.3, -0.25) is 9.36 Å². The van der Waals surface area contributed by atoms with Crippen LogP contribution in [0, 0.1) is 0 Å². The molecule has 3 saturated heterocycles. The van der Waals surface area contributed by atoms with Crippen LogP contribution >= 0.6 is 11.6 Å². The lowest BCUT2D eigenvalue weighted by atomic mass is 9.86. The van der Waals surface area contributed by atoms with Crippen molar-refractivity contribution in [2.24, 2.45) is 0 Å². The van der Waals surface area contributed by atoms with E-state index in [9.17, 15) is 29.0 Å². The zero-order valence-corrected chi connectivity index (χ0v) is 35.6. The van der Waals surface area contributed by atoms with Gasteiger partial charge in [-0.05, 0) is 93.0 Å². The molecule has 334 valence electrons. The van der Waals surface area contributed by atoms with Gasteiger partial charge in [0.25, 0.3) is 5.56 Å². The summed E-state index contributed by atoms with van der Waals surface area (Å²) in [5, 5.41) is 30.6. The lowest BCUT2D eigenvalue weighted by Crippen LogP contribution is -2.48. The molecule has 9 heterocycles. The van der Waals surface area contributed by atoms with E-state index in [1.807, 2.05) is 17.0 Å². The molecule has 1 aromatic carbocycles. The van der Waals surface area contributed by atoms with Gasteiger partial charge >= 0.3 is 12.1 Å². The van der Waals surface area contributed by atoms with Crippen molar-refractivity contribution in [1.82, 2.24) is 38.9 Å². The van der Waals surface area contributed by atoms with Crippen LogP contribution in [0.25, 0.3) is 33.5 Å². The van der Waals surface area contributed by atoms with E-state index in [1.165, 1.54) is 43.2 Å². The van der Waals surface area contributed by atoms with Gasteiger partial charge in [0.2, 0.25) is 5.28 Å². The fraction of sp³-hybridized carbons (Fsp3) is 0.512. The van der Waals surface area contributed by atoms with E-state index in [-0.39, 0.29) is 46.9 Å². The Bertz CT molecular complexity index is 2670. The summed E-state index contributed by atoms with van der Waals surface area (Å²) in [4.78, 5) is 60.2. The summed E-state index contributed by atoms with van der Waals surface area (Å²) in [6.07, 6.45) is 2.18. The summed E-state index contributed by atoms with van der Waals surface area (Å²) in [6, 6.07) is 7.77. The summed E-state index contributed by atoms with van der Waals surface area (Å²) >= 11 is 5.71. The van der Waals surface area contributed by atoms with Gasteiger partial charge in [-0.2, -0.15) is 9.97 Å². The van der Waals surface area contributed by atoms with Gasteiger partial charge in [-0.25, -0.2) is 23.9 Å². The third-order valence-electron chi connectivity index (χ3n) is 13.1. The van der Waals surface area contributed by atoms with Crippen LogP contribution < -0.4 is 16.0 Å². The van der Waals surface area contributed by atoms with E-state index in [4.69, 9.17) is 41.6 Å². The monoisotopic (exact) mass is 889 g/mol. The molecule has 0 saturated carbocycles. The number of fused-ring (bicyclic) bond motifs is 6. The molecular weight excluding hydrogens is 841 g/mol. The summed E-state index contributed by atoms with van der Waals surface area (Å²) in [7, 11) is 0. The molecule has 10 rings (SSSR count). The van der Waals surface area contributed by atoms with Crippen LogP contribution in [0.3, 0.4) is 0 Å². The number of anilines is 1. The number of pyridine rings is 2. The van der Waals surface area contributed by atoms with Crippen LogP contribution in [-0.4, -0.2) is 123 Å². The Labute approximate surface area is 365 Å². The molecule has 1 amide bonds. The highest BCUT2D eigenvalue weighted by Gasteiger charge is 2.47. The number of benzene rings is 1. The number of ether oxygens (including phenoxy) is 3. The number of aromatic nitrogens is 6. The number of carbonyl (C=O) groups excluding carboxylic acids is 2. The predicted molar refractivity (Wildman–Crippen MR) is 227 cm³/mol. The number of hydrogen-bond donors (Lipinski definition) is 4. The van der Waals surface area contributed by atoms with Crippen LogP contribution in [0.15, 0.2) is 35.4 Å². The molecule has 5 aliphatic rings. The van der Waals surface area contributed by atoms with Crippen LogP contribution in [-0.2, 0) is 39.4 Å². The topological polar surface area (TPSA) is 234 Å². The molecule has 0 spiro atoms. The summed E-state index contributed by atoms with van der Waals surface area (Å²) in [5.74, 6) is -0.204. The molecule has 20 heteroatoms. The first-order chi connectivity index (χ1) is 30.3. The van der Waals surface area contributed by atoms with Crippen LogP contribution in [0.4, 0.5) is 15.0 Å². The normalized spacial score (nSPS) is 24.7. The van der Waals surface area contributed by atoms with Gasteiger partial charge in [-0.15, -0.1) is 0 Å². The maximum absolute atomic E-state index is 14.1. The van der Waals surface area contributed by atoms with Crippen LogP contribution in [0.5, 0.6) is 5.75 Å². The highest BCUT2D eigenvalue weighted by atomic mass is 35.5. The van der Waals surface area contributed by atoms with Crippen molar-refractivity contribution in [3.63, 3.8) is 0 Å². The van der Waals surface area contributed by atoms with Crippen LogP contribution in [0.2, 0.25) is 5.28 Å². The number of aliphatic hydroxyl groups is 3. The third kappa shape index (κ3) is 7.47. The van der Waals surface area contributed by atoms with Crippen molar-refractivity contribution < 1.29 is 43.5 Å². The number of cyclic esters (lactones) is 1. The van der Waals surface area contributed by atoms with Gasteiger partial charge in [0.15, 0.2) is 29.5 Å². The highest BCUT2D eigenvalue weighted by molar-refractivity contribution is 6.28. The Morgan fingerprint density at radius 2 is 1.83 bits per heavy atom. The molecule has 18 nitrogen and oxygen atoms in total. The second-order valence-electron chi connectivity index (χ2n) is 16.6. The van der Waals surface area contributed by atoms with E-state index in [1.54, 1.807) is 23.6 Å². The Balaban J connectivity index is 0.000000210. The number of alkyl halides is 1. The molecule has 0 radical (unpaired) electrons. The first-order valence-electron chi connectivity index (χ1n) is 21.4. The molecule has 5 atom stereocenters. The van der Waals surface area contributed by atoms with Crippen molar-refractivity contribution in [1.29, 1.82) is 0 Å². The average molecular weight is 890 g/mol. The number of carbonyl (C=O) groups is 2. The molecule has 63 heavy (non-hydrogen) atoms. The van der Waals surface area contributed by atoms with Gasteiger partial charge in [0.1, 0.15) is 30.1 Å². The summed E-state index contributed by atoms with van der Waals surface area (Å²) < 4.78 is 33.3. The Morgan fingerprint density at radius 3 is 2.52 bits per heavy atom. The Morgan fingerprint density at radius 1 is 1.06 bits per heavy atom. The van der Waals surface area contributed by atoms with Gasteiger partial charge in [-0.1, -0.05) is 20.3 Å². The summed E-state index contributed by atoms with van der Waals surface area (Å²) in [5.41, 5.74) is 8.49. The second kappa shape index (κ2) is 17.0. The number of hydrogen-bond acceptors (Lipinski definition) is 15. The maximum Gasteiger partial charge on any atom is 0.415 e. The lowest BCUT2D eigenvalue weighted by molar-refractivity contribution is -0.172. The van der Waals surface area contributed by atoms with E-state index in [2.05, 4.69) is 26.8 Å². The van der Waals surface area contributed by atoms with Gasteiger partial charge < -0.3 is 49.6 Å². The van der Waals surface area contributed by atoms with E-state index >= 15 is 0 Å².